The number of ether oxygens (including phenoxy) is 1. The van der Waals surface area contributed by atoms with Gasteiger partial charge in [0.25, 0.3) is 0 Å². The molecule has 0 spiro atoms. The highest BCUT2D eigenvalue weighted by molar-refractivity contribution is 9.10. The number of alkyl carbamates (subject to hydrolysis) is 1. The Kier molecular flexibility index (Phi) is 5.91. The van der Waals surface area contributed by atoms with E-state index in [1.807, 2.05) is 0 Å². The van der Waals surface area contributed by atoms with Gasteiger partial charge in [0, 0.05) is 9.86 Å². The maximum absolute atomic E-state index is 12.9. The molecule has 26 heavy (non-hydrogen) atoms. The molecule has 0 atom stereocenters. The summed E-state index contributed by atoms with van der Waals surface area (Å²) in [5, 5.41) is 3.09. The molecule has 140 valence electrons. The molecule has 1 amide bonds. The standard InChI is InChI=1S/C18H18BrF3N2O2/c1-17(2,3)26-16(25)23-9-5-6-12-10-13-14(19)7-4-8-15(13)24(12)11-18(20,21)22/h4,7-8,10H,9,11H2,1-3H3,(H,23,25). The monoisotopic (exact) mass is 430 g/mol. The first-order valence-corrected chi connectivity index (χ1v) is 8.56. The lowest BCUT2D eigenvalue weighted by Crippen LogP contribution is -2.32. The van der Waals surface area contributed by atoms with Gasteiger partial charge in [-0.1, -0.05) is 27.9 Å². The van der Waals surface area contributed by atoms with Crippen LogP contribution in [0.15, 0.2) is 28.7 Å². The van der Waals surface area contributed by atoms with Crippen molar-refractivity contribution in [2.75, 3.05) is 6.54 Å². The van der Waals surface area contributed by atoms with Gasteiger partial charge >= 0.3 is 12.3 Å². The first-order chi connectivity index (χ1) is 12.0. The Hall–Kier alpha value is -2.14. The van der Waals surface area contributed by atoms with Gasteiger partial charge in [-0.3, -0.25) is 0 Å². The van der Waals surface area contributed by atoms with Crippen LogP contribution in [0.2, 0.25) is 0 Å². The van der Waals surface area contributed by atoms with E-state index in [1.54, 1.807) is 45.0 Å². The second-order valence-electron chi connectivity index (χ2n) is 6.56. The molecule has 0 fully saturated rings. The van der Waals surface area contributed by atoms with Gasteiger partial charge in [0.15, 0.2) is 0 Å². The highest BCUT2D eigenvalue weighted by Gasteiger charge is 2.29. The second-order valence-corrected chi connectivity index (χ2v) is 7.42. The van der Waals surface area contributed by atoms with Crippen molar-refractivity contribution in [2.45, 2.75) is 39.1 Å². The summed E-state index contributed by atoms with van der Waals surface area (Å²) >= 11 is 3.34. The van der Waals surface area contributed by atoms with Crippen LogP contribution in [0.4, 0.5) is 18.0 Å². The molecule has 1 aromatic carbocycles. The lowest BCUT2D eigenvalue weighted by Gasteiger charge is -2.19. The smallest absolute Gasteiger partial charge is 0.408 e. The number of nitrogens with zero attached hydrogens (tertiary/aromatic N) is 1. The van der Waals surface area contributed by atoms with E-state index >= 15 is 0 Å². The van der Waals surface area contributed by atoms with Crippen LogP contribution in [-0.4, -0.2) is 29.0 Å². The molecule has 0 bridgehead atoms. The minimum absolute atomic E-state index is 0.0381. The second kappa shape index (κ2) is 7.62. The van der Waals surface area contributed by atoms with Crippen LogP contribution in [0.5, 0.6) is 0 Å². The van der Waals surface area contributed by atoms with Crippen LogP contribution >= 0.6 is 15.9 Å². The van der Waals surface area contributed by atoms with Gasteiger partial charge in [0.05, 0.1) is 17.8 Å². The van der Waals surface area contributed by atoms with E-state index in [-0.39, 0.29) is 12.2 Å². The molecule has 0 saturated carbocycles. The average Bonchev–Trinajstić information content (AvgIpc) is 2.80. The van der Waals surface area contributed by atoms with Gasteiger partial charge in [-0.15, -0.1) is 0 Å². The third-order valence-corrected chi connectivity index (χ3v) is 3.86. The highest BCUT2D eigenvalue weighted by atomic mass is 79.9. The number of alkyl halides is 3. The molecule has 8 heteroatoms. The predicted molar refractivity (Wildman–Crippen MR) is 96.8 cm³/mol. The zero-order valence-electron chi connectivity index (χ0n) is 14.5. The van der Waals surface area contributed by atoms with Crippen molar-refractivity contribution >= 4 is 32.9 Å². The van der Waals surface area contributed by atoms with Crippen molar-refractivity contribution in [3.8, 4) is 11.8 Å². The molecule has 0 aliphatic rings. The van der Waals surface area contributed by atoms with Crippen LogP contribution in [0, 0.1) is 11.8 Å². The van der Waals surface area contributed by atoms with Crippen LogP contribution in [0.1, 0.15) is 26.5 Å². The summed E-state index contributed by atoms with van der Waals surface area (Å²) in [6, 6.07) is 6.61. The van der Waals surface area contributed by atoms with Crippen molar-refractivity contribution in [1.29, 1.82) is 0 Å². The van der Waals surface area contributed by atoms with Gasteiger partial charge in [-0.2, -0.15) is 13.2 Å². The average molecular weight is 431 g/mol. The van der Waals surface area contributed by atoms with E-state index in [2.05, 4.69) is 33.1 Å². The van der Waals surface area contributed by atoms with Crippen molar-refractivity contribution in [2.24, 2.45) is 0 Å². The van der Waals surface area contributed by atoms with Gasteiger partial charge in [-0.05, 0) is 44.9 Å². The first-order valence-electron chi connectivity index (χ1n) is 7.76. The Morgan fingerprint density at radius 3 is 2.62 bits per heavy atom. The summed E-state index contributed by atoms with van der Waals surface area (Å²) in [5.74, 6) is 5.35. The van der Waals surface area contributed by atoms with E-state index in [0.29, 0.717) is 15.4 Å². The first kappa shape index (κ1) is 20.2. The van der Waals surface area contributed by atoms with Gasteiger partial charge < -0.3 is 14.6 Å². The lowest BCUT2D eigenvalue weighted by atomic mass is 10.2. The Labute approximate surface area is 157 Å². The number of amides is 1. The number of fused-ring (bicyclic) bond motifs is 1. The number of halogens is 4. The molecule has 4 nitrogen and oxygen atoms in total. The van der Waals surface area contributed by atoms with Gasteiger partial charge in [0.1, 0.15) is 12.1 Å². The summed E-state index contributed by atoms with van der Waals surface area (Å²) in [4.78, 5) is 11.5. The van der Waals surface area contributed by atoms with Crippen LogP contribution in [0.3, 0.4) is 0 Å². The summed E-state index contributed by atoms with van der Waals surface area (Å²) < 4.78 is 45.6. The summed E-state index contributed by atoms with van der Waals surface area (Å²) in [7, 11) is 0. The number of aromatic nitrogens is 1. The van der Waals surface area contributed by atoms with Crippen molar-refractivity contribution in [3.63, 3.8) is 0 Å². The van der Waals surface area contributed by atoms with E-state index < -0.39 is 24.4 Å². The molecule has 0 unspecified atom stereocenters. The Balaban J connectivity index is 2.23. The molecule has 1 N–H and O–H groups in total. The van der Waals surface area contributed by atoms with E-state index in [1.165, 1.54) is 0 Å². The maximum Gasteiger partial charge on any atom is 0.408 e. The largest absolute Gasteiger partial charge is 0.444 e. The fraction of sp³-hybridized carbons (Fsp3) is 0.389. The van der Waals surface area contributed by atoms with Crippen molar-refractivity contribution in [1.82, 2.24) is 9.88 Å². The van der Waals surface area contributed by atoms with Crippen molar-refractivity contribution in [3.05, 3.63) is 34.4 Å². The lowest BCUT2D eigenvalue weighted by molar-refractivity contribution is -0.140. The van der Waals surface area contributed by atoms with E-state index in [9.17, 15) is 18.0 Å². The fourth-order valence-electron chi connectivity index (χ4n) is 2.27. The molecule has 0 aliphatic heterocycles. The molecular weight excluding hydrogens is 413 g/mol. The summed E-state index contributed by atoms with van der Waals surface area (Å²) in [5.41, 5.74) is 0.0134. The normalized spacial score (nSPS) is 11.8. The number of carbonyl (C=O) groups excluding carboxylic acids is 1. The van der Waals surface area contributed by atoms with Crippen molar-refractivity contribution < 1.29 is 22.7 Å². The molecule has 0 aliphatic carbocycles. The van der Waals surface area contributed by atoms with Gasteiger partial charge in [-0.25, -0.2) is 4.79 Å². The maximum atomic E-state index is 12.9. The third kappa shape index (κ3) is 5.70. The molecule has 0 saturated heterocycles. The molecule has 2 rings (SSSR count). The third-order valence-electron chi connectivity index (χ3n) is 3.17. The summed E-state index contributed by atoms with van der Waals surface area (Å²) in [6.45, 7) is 4.00. The Morgan fingerprint density at radius 2 is 2.00 bits per heavy atom. The molecule has 2 aromatic rings. The SMILES string of the molecule is CC(C)(C)OC(=O)NCC#Cc1cc2c(Br)cccc2n1CC(F)(F)F. The molecule has 0 radical (unpaired) electrons. The van der Waals surface area contributed by atoms with Crippen LogP contribution < -0.4 is 5.32 Å². The number of carbonyl (C=O) groups is 1. The topological polar surface area (TPSA) is 43.3 Å². The predicted octanol–water partition coefficient (Wildman–Crippen LogP) is 4.84. The van der Waals surface area contributed by atoms with Crippen LogP contribution in [0.25, 0.3) is 10.9 Å². The minimum atomic E-state index is -4.38. The zero-order valence-corrected chi connectivity index (χ0v) is 16.1. The number of hydrogen-bond donors (Lipinski definition) is 1. The number of benzene rings is 1. The molecular formula is C18H18BrF3N2O2. The van der Waals surface area contributed by atoms with E-state index in [4.69, 9.17) is 4.74 Å². The zero-order chi connectivity index (χ0) is 19.5. The Bertz CT molecular complexity index is 871. The highest BCUT2D eigenvalue weighted by Crippen LogP contribution is 2.29. The minimum Gasteiger partial charge on any atom is -0.444 e. The van der Waals surface area contributed by atoms with Crippen LogP contribution in [-0.2, 0) is 11.3 Å². The van der Waals surface area contributed by atoms with E-state index in [0.717, 1.165) is 4.57 Å². The number of rotatable bonds is 2. The quantitative estimate of drug-likeness (QED) is 0.692. The number of hydrogen-bond acceptors (Lipinski definition) is 2. The van der Waals surface area contributed by atoms with Gasteiger partial charge in [0.2, 0.25) is 0 Å². The number of nitrogens with one attached hydrogen (secondary N) is 1. The molecule has 1 heterocycles. The molecule has 1 aromatic heterocycles. The summed E-state index contributed by atoms with van der Waals surface area (Å²) in [6.07, 6.45) is -5.01. The fourth-order valence-corrected chi connectivity index (χ4v) is 2.74. The Morgan fingerprint density at radius 1 is 1.31 bits per heavy atom.